The van der Waals surface area contributed by atoms with Crippen molar-refractivity contribution in [1.82, 2.24) is 10.6 Å². The zero-order chi connectivity index (χ0) is 18.1. The highest BCUT2D eigenvalue weighted by atomic mass is 16.6. The highest BCUT2D eigenvalue weighted by Crippen LogP contribution is 2.30. The van der Waals surface area contributed by atoms with Gasteiger partial charge in [0.1, 0.15) is 5.60 Å². The number of nitro benzene ring substituents is 1. The Hall–Kier alpha value is -2.90. The third kappa shape index (κ3) is 3.89. The summed E-state index contributed by atoms with van der Waals surface area (Å²) in [4.78, 5) is 34.8. The third-order valence-corrected chi connectivity index (χ3v) is 3.30. The van der Waals surface area contributed by atoms with Gasteiger partial charge in [-0.15, -0.1) is 0 Å². The number of nitrogens with one attached hydrogen (secondary N) is 2. The minimum Gasteiger partial charge on any atom is -0.456 e. The van der Waals surface area contributed by atoms with Crippen molar-refractivity contribution in [3.05, 3.63) is 51.2 Å². The zero-order valence-electron chi connectivity index (χ0n) is 13.9. The van der Waals surface area contributed by atoms with Gasteiger partial charge < -0.3 is 15.4 Å². The molecule has 128 valence electrons. The van der Waals surface area contributed by atoms with E-state index in [-0.39, 0.29) is 11.3 Å². The molecule has 2 rings (SSSR count). The van der Waals surface area contributed by atoms with E-state index in [0.717, 1.165) is 0 Å². The second-order valence-corrected chi connectivity index (χ2v) is 6.42. The quantitative estimate of drug-likeness (QED) is 0.502. The van der Waals surface area contributed by atoms with E-state index < -0.39 is 28.6 Å². The van der Waals surface area contributed by atoms with Gasteiger partial charge in [0.2, 0.25) is 0 Å². The van der Waals surface area contributed by atoms with Crippen LogP contribution in [0, 0.1) is 10.1 Å². The average Bonchev–Trinajstić information content (AvgIpc) is 2.44. The summed E-state index contributed by atoms with van der Waals surface area (Å²) in [5, 5.41) is 16.1. The van der Waals surface area contributed by atoms with Crippen molar-refractivity contribution in [3.63, 3.8) is 0 Å². The maximum absolute atomic E-state index is 12.5. The zero-order valence-corrected chi connectivity index (χ0v) is 13.9. The molecule has 1 aliphatic rings. The maximum atomic E-state index is 12.5. The molecule has 2 amide bonds. The number of urea groups is 1. The van der Waals surface area contributed by atoms with Gasteiger partial charge in [0.05, 0.1) is 16.5 Å². The van der Waals surface area contributed by atoms with Gasteiger partial charge in [-0.2, -0.15) is 0 Å². The number of esters is 1. The smallest absolute Gasteiger partial charge is 0.338 e. The summed E-state index contributed by atoms with van der Waals surface area (Å²) in [5.41, 5.74) is 0.161. The SMILES string of the molecule is CC1=C(C(=O)OC(C)(C)C)[C@@H](c2cccc([N+](=O)[O-])c2)NC(=O)N1. The van der Waals surface area contributed by atoms with E-state index in [1.165, 1.54) is 18.2 Å². The van der Waals surface area contributed by atoms with Gasteiger partial charge in [-0.3, -0.25) is 10.1 Å². The first-order chi connectivity index (χ1) is 11.1. The molecule has 0 aromatic heterocycles. The first-order valence-electron chi connectivity index (χ1n) is 7.34. The van der Waals surface area contributed by atoms with Crippen LogP contribution in [0.25, 0.3) is 0 Å². The fourth-order valence-corrected chi connectivity index (χ4v) is 2.37. The Morgan fingerprint density at radius 1 is 1.33 bits per heavy atom. The lowest BCUT2D eigenvalue weighted by molar-refractivity contribution is -0.384. The fourth-order valence-electron chi connectivity index (χ4n) is 2.37. The Morgan fingerprint density at radius 2 is 2.00 bits per heavy atom. The molecular formula is C16H19N3O5. The number of nitro groups is 1. The summed E-state index contributed by atoms with van der Waals surface area (Å²) >= 11 is 0. The molecule has 0 unspecified atom stereocenters. The minimum absolute atomic E-state index is 0.124. The van der Waals surface area contributed by atoms with Crippen LogP contribution < -0.4 is 10.6 Å². The number of non-ortho nitro benzene ring substituents is 1. The number of benzene rings is 1. The van der Waals surface area contributed by atoms with Gasteiger partial charge >= 0.3 is 12.0 Å². The highest BCUT2D eigenvalue weighted by Gasteiger charge is 2.34. The lowest BCUT2D eigenvalue weighted by atomic mass is 9.95. The minimum atomic E-state index is -0.825. The molecule has 0 radical (unpaired) electrons. The number of carbonyl (C=O) groups is 2. The summed E-state index contributed by atoms with van der Waals surface area (Å²) in [6.45, 7) is 6.79. The number of amides is 2. The molecule has 0 aliphatic carbocycles. The molecule has 8 nitrogen and oxygen atoms in total. The molecule has 1 aromatic rings. The van der Waals surface area contributed by atoms with Gasteiger partial charge in [0.15, 0.2) is 0 Å². The van der Waals surface area contributed by atoms with Crippen LogP contribution in [0.3, 0.4) is 0 Å². The first kappa shape index (κ1) is 17.5. The van der Waals surface area contributed by atoms with E-state index in [2.05, 4.69) is 10.6 Å². The van der Waals surface area contributed by atoms with Gasteiger partial charge in [0, 0.05) is 17.8 Å². The van der Waals surface area contributed by atoms with Crippen molar-refractivity contribution in [3.8, 4) is 0 Å². The molecule has 0 saturated heterocycles. The summed E-state index contributed by atoms with van der Waals surface area (Å²) in [6, 6.07) is 4.47. The number of allylic oxidation sites excluding steroid dienone is 1. The van der Waals surface area contributed by atoms with Crippen molar-refractivity contribution in [2.24, 2.45) is 0 Å². The van der Waals surface area contributed by atoms with Crippen LogP contribution in [-0.4, -0.2) is 22.5 Å². The van der Waals surface area contributed by atoms with E-state index in [1.54, 1.807) is 33.8 Å². The Bertz CT molecular complexity index is 733. The van der Waals surface area contributed by atoms with Crippen LogP contribution >= 0.6 is 0 Å². The molecule has 2 N–H and O–H groups in total. The van der Waals surface area contributed by atoms with Crippen LogP contribution in [-0.2, 0) is 9.53 Å². The van der Waals surface area contributed by atoms with Crippen LogP contribution in [0.2, 0.25) is 0 Å². The predicted molar refractivity (Wildman–Crippen MR) is 86.0 cm³/mol. The number of nitrogens with zero attached hydrogens (tertiary/aromatic N) is 1. The summed E-state index contributed by atoms with van der Waals surface area (Å²) < 4.78 is 5.39. The first-order valence-corrected chi connectivity index (χ1v) is 7.34. The number of hydrogen-bond donors (Lipinski definition) is 2. The molecule has 1 aromatic carbocycles. The fraction of sp³-hybridized carbons (Fsp3) is 0.375. The largest absolute Gasteiger partial charge is 0.456 e. The lowest BCUT2D eigenvalue weighted by Gasteiger charge is -2.30. The standard InChI is InChI=1S/C16H19N3O5/c1-9-12(14(20)24-16(2,3)4)13(18-15(21)17-9)10-6-5-7-11(8-10)19(22)23/h5-8,13H,1-4H3,(H2,17,18,21)/t13-/m1/s1. The number of hydrogen-bond acceptors (Lipinski definition) is 5. The molecule has 8 heteroatoms. The second-order valence-electron chi connectivity index (χ2n) is 6.42. The van der Waals surface area contributed by atoms with Gasteiger partial charge in [-0.25, -0.2) is 9.59 Å². The molecule has 0 saturated carbocycles. The van der Waals surface area contributed by atoms with E-state index >= 15 is 0 Å². The Balaban J connectivity index is 2.47. The molecule has 0 fully saturated rings. The van der Waals surface area contributed by atoms with Crippen LogP contribution in [0.15, 0.2) is 35.5 Å². The van der Waals surface area contributed by atoms with Gasteiger partial charge in [-0.1, -0.05) is 12.1 Å². The Morgan fingerprint density at radius 3 is 2.58 bits per heavy atom. The molecule has 1 aliphatic heterocycles. The number of carbonyl (C=O) groups excluding carboxylic acids is 2. The highest BCUT2D eigenvalue weighted by molar-refractivity contribution is 5.95. The molecule has 0 spiro atoms. The van der Waals surface area contributed by atoms with Crippen molar-refractivity contribution >= 4 is 17.7 Å². The van der Waals surface area contributed by atoms with Crippen molar-refractivity contribution < 1.29 is 19.2 Å². The normalized spacial score (nSPS) is 17.8. The third-order valence-electron chi connectivity index (χ3n) is 3.30. The Kier molecular flexibility index (Phi) is 4.59. The van der Waals surface area contributed by atoms with E-state index in [4.69, 9.17) is 4.74 Å². The van der Waals surface area contributed by atoms with Crippen molar-refractivity contribution in [2.75, 3.05) is 0 Å². The van der Waals surface area contributed by atoms with E-state index in [0.29, 0.717) is 11.3 Å². The number of ether oxygens (including phenoxy) is 1. The Labute approximate surface area is 139 Å². The van der Waals surface area contributed by atoms with Crippen molar-refractivity contribution in [1.29, 1.82) is 0 Å². The van der Waals surface area contributed by atoms with Crippen LogP contribution in [0.5, 0.6) is 0 Å². The molecule has 0 bridgehead atoms. The average molecular weight is 333 g/mol. The van der Waals surface area contributed by atoms with Gasteiger partial charge in [-0.05, 0) is 33.3 Å². The second kappa shape index (κ2) is 6.31. The molecule has 24 heavy (non-hydrogen) atoms. The summed E-state index contributed by atoms with van der Waals surface area (Å²) in [7, 11) is 0. The lowest BCUT2D eigenvalue weighted by Crippen LogP contribution is -2.46. The summed E-state index contributed by atoms with van der Waals surface area (Å²) in [5.74, 6) is -0.594. The van der Waals surface area contributed by atoms with E-state index in [9.17, 15) is 19.7 Å². The summed E-state index contributed by atoms with van der Waals surface area (Å²) in [6.07, 6.45) is 0. The molecular weight excluding hydrogens is 314 g/mol. The maximum Gasteiger partial charge on any atom is 0.338 e. The molecule has 1 atom stereocenters. The van der Waals surface area contributed by atoms with Crippen molar-refractivity contribution in [2.45, 2.75) is 39.3 Å². The predicted octanol–water partition coefficient (Wildman–Crippen LogP) is 2.56. The number of rotatable bonds is 3. The van der Waals surface area contributed by atoms with E-state index in [1.807, 2.05) is 0 Å². The van der Waals surface area contributed by atoms with Crippen LogP contribution in [0.1, 0.15) is 39.3 Å². The van der Waals surface area contributed by atoms with Crippen LogP contribution in [0.4, 0.5) is 10.5 Å². The molecule has 1 heterocycles. The monoisotopic (exact) mass is 333 g/mol. The van der Waals surface area contributed by atoms with Gasteiger partial charge in [0.25, 0.3) is 5.69 Å². The topological polar surface area (TPSA) is 111 Å².